The molecule has 4 rings (SSSR count). The summed E-state index contributed by atoms with van der Waals surface area (Å²) in [5.74, 6) is 0.840. The van der Waals surface area contributed by atoms with Crippen molar-refractivity contribution in [1.82, 2.24) is 20.3 Å². The van der Waals surface area contributed by atoms with Crippen LogP contribution in [0.5, 0.6) is 11.5 Å². The Morgan fingerprint density at radius 3 is 2.62 bits per heavy atom. The predicted octanol–water partition coefficient (Wildman–Crippen LogP) is 4.02. The topological polar surface area (TPSA) is 139 Å². The average Bonchev–Trinajstić information content (AvgIpc) is 2.93. The van der Waals surface area contributed by atoms with Crippen LogP contribution in [0.15, 0.2) is 67.1 Å². The summed E-state index contributed by atoms with van der Waals surface area (Å²) >= 11 is 6.49. The maximum Gasteiger partial charge on any atom is 0.261 e. The van der Waals surface area contributed by atoms with Gasteiger partial charge in [0.1, 0.15) is 30.3 Å². The molecule has 1 atom stereocenters. The lowest BCUT2D eigenvalue weighted by Gasteiger charge is -2.27. The van der Waals surface area contributed by atoms with Gasteiger partial charge in [-0.3, -0.25) is 9.78 Å². The van der Waals surface area contributed by atoms with Crippen molar-refractivity contribution in [3.63, 3.8) is 0 Å². The average molecular weight is 552 g/mol. The highest BCUT2D eigenvalue weighted by molar-refractivity contribution is 6.32. The highest BCUT2D eigenvalue weighted by Gasteiger charge is 2.27. The van der Waals surface area contributed by atoms with E-state index in [1.807, 2.05) is 18.2 Å². The number of aromatic nitrogens is 3. The number of carbonyl (C=O) groups excluding carboxylic acids is 1. The molecule has 0 aliphatic heterocycles. The van der Waals surface area contributed by atoms with Gasteiger partial charge in [0.05, 0.1) is 33.8 Å². The normalized spacial score (nSPS) is 12.1. The highest BCUT2D eigenvalue weighted by Crippen LogP contribution is 2.34. The van der Waals surface area contributed by atoms with Crippen molar-refractivity contribution in [3.05, 3.63) is 77.8 Å². The standard InChI is InChI=1S/C28H30ClN5O5/c1-28(2,16-36)34-27(37)24(11-13-35)39-23-8-5-7-21-25(23)26(32-17-31-21)33-18-9-10-22(20(29)14-18)38-15-19-6-3-4-12-30-19/h3-10,12,14,17,24,35-36H,11,13,15-16H2,1-2H3,(H,34,37)(H,31,32,33)/t24-/m1/s1. The van der Waals surface area contributed by atoms with Crippen LogP contribution in [0.25, 0.3) is 10.9 Å². The molecule has 0 spiro atoms. The van der Waals surface area contributed by atoms with Gasteiger partial charge < -0.3 is 30.3 Å². The summed E-state index contributed by atoms with van der Waals surface area (Å²) in [5.41, 5.74) is 1.17. The van der Waals surface area contributed by atoms with Crippen LogP contribution in [0.2, 0.25) is 5.02 Å². The van der Waals surface area contributed by atoms with Gasteiger partial charge in [-0.2, -0.15) is 0 Å². The molecule has 0 bridgehead atoms. The molecule has 2 aromatic carbocycles. The zero-order valence-electron chi connectivity index (χ0n) is 21.6. The first-order chi connectivity index (χ1) is 18.8. The fourth-order valence-corrected chi connectivity index (χ4v) is 3.94. The molecule has 10 nitrogen and oxygen atoms in total. The lowest BCUT2D eigenvalue weighted by atomic mass is 10.1. The van der Waals surface area contributed by atoms with Crippen molar-refractivity contribution in [2.24, 2.45) is 0 Å². The number of hydrogen-bond donors (Lipinski definition) is 4. The Kier molecular flexibility index (Phi) is 9.13. The van der Waals surface area contributed by atoms with Crippen LogP contribution in [-0.2, 0) is 11.4 Å². The summed E-state index contributed by atoms with van der Waals surface area (Å²) in [6.07, 6.45) is 2.16. The number of aliphatic hydroxyl groups is 2. The molecular formula is C28H30ClN5O5. The zero-order valence-corrected chi connectivity index (χ0v) is 22.4. The molecule has 0 aliphatic rings. The second kappa shape index (κ2) is 12.7. The fraction of sp³-hybridized carbons (Fsp3) is 0.286. The molecule has 0 radical (unpaired) electrons. The summed E-state index contributed by atoms with van der Waals surface area (Å²) in [6.45, 7) is 3.14. The van der Waals surface area contributed by atoms with Gasteiger partial charge in [-0.25, -0.2) is 9.97 Å². The van der Waals surface area contributed by atoms with Gasteiger partial charge in [-0.15, -0.1) is 0 Å². The van der Waals surface area contributed by atoms with E-state index in [1.54, 1.807) is 56.4 Å². The number of anilines is 2. The van der Waals surface area contributed by atoms with E-state index in [1.165, 1.54) is 6.33 Å². The molecule has 2 aromatic heterocycles. The van der Waals surface area contributed by atoms with E-state index in [-0.39, 0.29) is 26.2 Å². The van der Waals surface area contributed by atoms with Crippen LogP contribution >= 0.6 is 11.6 Å². The smallest absolute Gasteiger partial charge is 0.261 e. The van der Waals surface area contributed by atoms with Crippen LogP contribution in [-0.4, -0.2) is 55.9 Å². The minimum atomic E-state index is -1.01. The number of hydrogen-bond acceptors (Lipinski definition) is 9. The minimum absolute atomic E-state index is 0.0513. The van der Waals surface area contributed by atoms with E-state index >= 15 is 0 Å². The number of pyridine rings is 1. The van der Waals surface area contributed by atoms with E-state index in [0.717, 1.165) is 5.69 Å². The van der Waals surface area contributed by atoms with Gasteiger partial charge in [0.2, 0.25) is 0 Å². The molecule has 39 heavy (non-hydrogen) atoms. The van der Waals surface area contributed by atoms with Crippen molar-refractivity contribution in [2.75, 3.05) is 18.5 Å². The van der Waals surface area contributed by atoms with E-state index in [9.17, 15) is 15.0 Å². The summed E-state index contributed by atoms with van der Waals surface area (Å²) in [4.78, 5) is 25.9. The molecule has 0 saturated heterocycles. The first-order valence-electron chi connectivity index (χ1n) is 12.3. The molecule has 0 unspecified atom stereocenters. The van der Waals surface area contributed by atoms with Crippen molar-refractivity contribution in [2.45, 2.75) is 38.5 Å². The summed E-state index contributed by atoms with van der Waals surface area (Å²) in [7, 11) is 0. The molecule has 0 saturated carbocycles. The van der Waals surface area contributed by atoms with Gasteiger partial charge in [-0.1, -0.05) is 23.7 Å². The van der Waals surface area contributed by atoms with Crippen LogP contribution in [0.4, 0.5) is 11.5 Å². The van der Waals surface area contributed by atoms with Gasteiger partial charge in [-0.05, 0) is 56.3 Å². The van der Waals surface area contributed by atoms with Gasteiger partial charge in [0, 0.05) is 24.9 Å². The lowest BCUT2D eigenvalue weighted by molar-refractivity contribution is -0.130. The minimum Gasteiger partial charge on any atom is -0.486 e. The molecule has 0 fully saturated rings. The fourth-order valence-electron chi connectivity index (χ4n) is 3.71. The molecule has 1 amide bonds. The Bertz CT molecular complexity index is 1420. The molecule has 4 N–H and O–H groups in total. The van der Waals surface area contributed by atoms with E-state index in [0.29, 0.717) is 38.9 Å². The van der Waals surface area contributed by atoms with Crippen LogP contribution < -0.4 is 20.1 Å². The Morgan fingerprint density at radius 1 is 1.05 bits per heavy atom. The van der Waals surface area contributed by atoms with E-state index in [4.69, 9.17) is 21.1 Å². The molecule has 2 heterocycles. The maximum atomic E-state index is 12.9. The maximum absolute atomic E-state index is 12.9. The Labute approximate surface area is 231 Å². The van der Waals surface area contributed by atoms with Gasteiger partial charge >= 0.3 is 0 Å². The first-order valence-corrected chi connectivity index (χ1v) is 12.7. The number of aliphatic hydroxyl groups excluding tert-OH is 2. The number of halogens is 1. The summed E-state index contributed by atoms with van der Waals surface area (Å²) in [5, 5.41) is 26.0. The summed E-state index contributed by atoms with van der Waals surface area (Å²) < 4.78 is 11.9. The number of carbonyl (C=O) groups is 1. The van der Waals surface area contributed by atoms with Crippen LogP contribution in [0, 0.1) is 0 Å². The SMILES string of the molecule is CC(C)(CO)NC(=O)[C@@H](CCO)Oc1cccc2ncnc(Nc3ccc(OCc4ccccn4)c(Cl)c3)c12. The van der Waals surface area contributed by atoms with Crippen molar-refractivity contribution < 1.29 is 24.5 Å². The number of ether oxygens (including phenoxy) is 2. The van der Waals surface area contributed by atoms with E-state index < -0.39 is 17.6 Å². The number of amides is 1. The monoisotopic (exact) mass is 551 g/mol. The molecule has 0 aliphatic carbocycles. The Hall–Kier alpha value is -3.99. The number of nitrogens with one attached hydrogen (secondary N) is 2. The summed E-state index contributed by atoms with van der Waals surface area (Å²) in [6, 6.07) is 16.1. The molecule has 4 aromatic rings. The van der Waals surface area contributed by atoms with E-state index in [2.05, 4.69) is 25.6 Å². The first kappa shape index (κ1) is 28.0. The van der Waals surface area contributed by atoms with Gasteiger partial charge in [0.25, 0.3) is 5.91 Å². The highest BCUT2D eigenvalue weighted by atomic mass is 35.5. The van der Waals surface area contributed by atoms with Crippen LogP contribution in [0.1, 0.15) is 26.0 Å². The molecule has 11 heteroatoms. The van der Waals surface area contributed by atoms with Crippen molar-refractivity contribution in [3.8, 4) is 11.5 Å². The van der Waals surface area contributed by atoms with Crippen LogP contribution in [0.3, 0.4) is 0 Å². The lowest BCUT2D eigenvalue weighted by Crippen LogP contribution is -2.51. The predicted molar refractivity (Wildman–Crippen MR) is 148 cm³/mol. The molecule has 204 valence electrons. The Morgan fingerprint density at radius 2 is 1.90 bits per heavy atom. The number of nitrogens with zero attached hydrogens (tertiary/aromatic N) is 3. The third-order valence-corrected chi connectivity index (χ3v) is 6.03. The quantitative estimate of drug-likeness (QED) is 0.205. The number of fused-ring (bicyclic) bond motifs is 1. The largest absolute Gasteiger partial charge is 0.486 e. The molecular weight excluding hydrogens is 522 g/mol. The van der Waals surface area contributed by atoms with Crippen molar-refractivity contribution in [1.29, 1.82) is 0 Å². The third kappa shape index (κ3) is 7.32. The number of rotatable bonds is 12. The van der Waals surface area contributed by atoms with Gasteiger partial charge in [0.15, 0.2) is 6.10 Å². The van der Waals surface area contributed by atoms with Crippen molar-refractivity contribution >= 4 is 39.9 Å². The second-order valence-electron chi connectivity index (χ2n) is 9.40. The third-order valence-electron chi connectivity index (χ3n) is 5.73. The Balaban J connectivity index is 1.57. The second-order valence-corrected chi connectivity index (χ2v) is 9.81. The zero-order chi connectivity index (χ0) is 27.8. The number of benzene rings is 2.